The van der Waals surface area contributed by atoms with Gasteiger partial charge in [0.25, 0.3) is 0 Å². The van der Waals surface area contributed by atoms with Crippen molar-refractivity contribution < 1.29 is 9.53 Å². The lowest BCUT2D eigenvalue weighted by Crippen LogP contribution is -2.39. The SMILES string of the molecule is CC(C)C(CNCCCc1ncc[nH]1)CNC(=O)OC(C)(C)C. The van der Waals surface area contributed by atoms with E-state index in [0.717, 1.165) is 31.8 Å². The highest BCUT2D eigenvalue weighted by molar-refractivity contribution is 5.67. The number of carbonyl (C=O) groups is 1. The number of rotatable bonds is 9. The van der Waals surface area contributed by atoms with Crippen LogP contribution in [0.5, 0.6) is 0 Å². The third kappa shape index (κ3) is 9.23. The van der Waals surface area contributed by atoms with Crippen LogP contribution in [0.4, 0.5) is 4.79 Å². The Bertz CT molecular complexity index is 438. The van der Waals surface area contributed by atoms with E-state index in [1.165, 1.54) is 0 Å². The Balaban J connectivity index is 2.20. The average molecular weight is 324 g/mol. The second kappa shape index (κ2) is 9.55. The Morgan fingerprint density at radius 1 is 1.35 bits per heavy atom. The molecule has 132 valence electrons. The average Bonchev–Trinajstić information content (AvgIpc) is 2.92. The van der Waals surface area contributed by atoms with Gasteiger partial charge in [-0.1, -0.05) is 13.8 Å². The van der Waals surface area contributed by atoms with E-state index < -0.39 is 5.60 Å². The number of hydrogen-bond donors (Lipinski definition) is 3. The van der Waals surface area contributed by atoms with Crippen molar-refractivity contribution in [3.05, 3.63) is 18.2 Å². The number of hydrogen-bond acceptors (Lipinski definition) is 4. The predicted octanol–water partition coefficient (Wildman–Crippen LogP) is 2.73. The third-order valence-corrected chi connectivity index (χ3v) is 3.58. The monoisotopic (exact) mass is 324 g/mol. The molecule has 0 aliphatic heterocycles. The van der Waals surface area contributed by atoms with Gasteiger partial charge in [-0.25, -0.2) is 9.78 Å². The van der Waals surface area contributed by atoms with Gasteiger partial charge in [-0.05, 0) is 52.1 Å². The Morgan fingerprint density at radius 2 is 2.09 bits per heavy atom. The number of aromatic nitrogens is 2. The largest absolute Gasteiger partial charge is 0.444 e. The number of alkyl carbamates (subject to hydrolysis) is 1. The van der Waals surface area contributed by atoms with Crippen LogP contribution < -0.4 is 10.6 Å². The first-order valence-electron chi connectivity index (χ1n) is 8.43. The molecule has 1 unspecified atom stereocenters. The number of nitrogens with zero attached hydrogens (tertiary/aromatic N) is 1. The van der Waals surface area contributed by atoms with Crippen molar-refractivity contribution in [2.45, 2.75) is 53.1 Å². The zero-order chi connectivity index (χ0) is 17.3. The van der Waals surface area contributed by atoms with E-state index >= 15 is 0 Å². The van der Waals surface area contributed by atoms with Gasteiger partial charge in [0, 0.05) is 25.4 Å². The van der Waals surface area contributed by atoms with Crippen LogP contribution >= 0.6 is 0 Å². The maximum atomic E-state index is 11.7. The highest BCUT2D eigenvalue weighted by atomic mass is 16.6. The van der Waals surface area contributed by atoms with Crippen LogP contribution in [-0.4, -0.2) is 41.3 Å². The van der Waals surface area contributed by atoms with Gasteiger partial charge in [0.2, 0.25) is 0 Å². The third-order valence-electron chi connectivity index (χ3n) is 3.58. The molecule has 0 aromatic carbocycles. The molecule has 3 N–H and O–H groups in total. The number of aryl methyl sites for hydroxylation is 1. The van der Waals surface area contributed by atoms with Crippen molar-refractivity contribution in [3.8, 4) is 0 Å². The minimum atomic E-state index is -0.457. The molecule has 0 saturated heterocycles. The number of nitrogens with one attached hydrogen (secondary N) is 3. The van der Waals surface area contributed by atoms with E-state index in [2.05, 4.69) is 34.4 Å². The van der Waals surface area contributed by atoms with E-state index in [1.54, 1.807) is 6.20 Å². The fourth-order valence-corrected chi connectivity index (χ4v) is 2.18. The van der Waals surface area contributed by atoms with Crippen LogP contribution in [0.3, 0.4) is 0 Å². The van der Waals surface area contributed by atoms with Crippen LogP contribution in [-0.2, 0) is 11.2 Å². The molecule has 1 heterocycles. The van der Waals surface area contributed by atoms with Crippen molar-refractivity contribution in [1.82, 2.24) is 20.6 Å². The number of carbonyl (C=O) groups excluding carboxylic acids is 1. The van der Waals surface area contributed by atoms with Crippen LogP contribution in [0.2, 0.25) is 0 Å². The number of imidazole rings is 1. The minimum Gasteiger partial charge on any atom is -0.444 e. The number of H-pyrrole nitrogens is 1. The van der Waals surface area contributed by atoms with Gasteiger partial charge in [-0.2, -0.15) is 0 Å². The lowest BCUT2D eigenvalue weighted by atomic mass is 9.96. The summed E-state index contributed by atoms with van der Waals surface area (Å²) in [6.45, 7) is 12.4. The summed E-state index contributed by atoms with van der Waals surface area (Å²) in [5, 5.41) is 6.34. The molecule has 0 fully saturated rings. The van der Waals surface area contributed by atoms with Gasteiger partial charge in [0.15, 0.2) is 0 Å². The number of aromatic amines is 1. The maximum Gasteiger partial charge on any atom is 0.407 e. The summed E-state index contributed by atoms with van der Waals surface area (Å²) in [6.07, 6.45) is 5.26. The van der Waals surface area contributed by atoms with E-state index in [0.29, 0.717) is 18.4 Å². The summed E-state index contributed by atoms with van der Waals surface area (Å²) in [6, 6.07) is 0. The van der Waals surface area contributed by atoms with Crippen molar-refractivity contribution >= 4 is 6.09 Å². The normalized spacial score (nSPS) is 13.1. The second-order valence-electron chi connectivity index (χ2n) is 7.23. The molecule has 0 saturated carbocycles. The quantitative estimate of drug-likeness (QED) is 0.610. The van der Waals surface area contributed by atoms with Crippen LogP contribution in [0.25, 0.3) is 0 Å². The summed E-state index contributed by atoms with van der Waals surface area (Å²) in [7, 11) is 0. The second-order valence-corrected chi connectivity index (χ2v) is 7.23. The Labute approximate surface area is 139 Å². The van der Waals surface area contributed by atoms with Gasteiger partial charge in [-0.3, -0.25) is 0 Å². The Morgan fingerprint density at radius 3 is 2.65 bits per heavy atom. The molecule has 0 aliphatic carbocycles. The standard InChI is InChI=1S/C17H32N4O2/c1-13(2)14(12-21-16(22)23-17(3,4)5)11-18-8-6-7-15-19-9-10-20-15/h9-10,13-14,18H,6-8,11-12H2,1-5H3,(H,19,20)(H,21,22). The summed E-state index contributed by atoms with van der Waals surface area (Å²) in [5.74, 6) is 1.90. The fraction of sp³-hybridized carbons (Fsp3) is 0.765. The molecule has 6 nitrogen and oxygen atoms in total. The molecule has 23 heavy (non-hydrogen) atoms. The van der Waals surface area contributed by atoms with Gasteiger partial charge < -0.3 is 20.4 Å². The van der Waals surface area contributed by atoms with E-state index in [1.807, 2.05) is 27.0 Å². The Kier molecular flexibility index (Phi) is 8.09. The van der Waals surface area contributed by atoms with Gasteiger partial charge in [0.05, 0.1) is 0 Å². The molecule has 1 aromatic heterocycles. The Hall–Kier alpha value is -1.56. The minimum absolute atomic E-state index is 0.346. The van der Waals surface area contributed by atoms with Crippen molar-refractivity contribution in [2.75, 3.05) is 19.6 Å². The zero-order valence-corrected chi connectivity index (χ0v) is 15.1. The molecule has 6 heteroatoms. The molecule has 1 atom stereocenters. The summed E-state index contributed by atoms with van der Waals surface area (Å²) < 4.78 is 5.27. The van der Waals surface area contributed by atoms with Crippen LogP contribution in [0.15, 0.2) is 12.4 Å². The maximum absolute atomic E-state index is 11.7. The van der Waals surface area contributed by atoms with E-state index in [-0.39, 0.29) is 6.09 Å². The molecule has 0 radical (unpaired) electrons. The lowest BCUT2D eigenvalue weighted by molar-refractivity contribution is 0.0515. The van der Waals surface area contributed by atoms with Crippen LogP contribution in [0, 0.1) is 11.8 Å². The summed E-state index contributed by atoms with van der Waals surface area (Å²) in [5.41, 5.74) is -0.457. The molecular weight excluding hydrogens is 292 g/mol. The molecule has 1 amide bonds. The van der Waals surface area contributed by atoms with Gasteiger partial charge in [-0.15, -0.1) is 0 Å². The first kappa shape index (κ1) is 19.5. The molecule has 0 bridgehead atoms. The summed E-state index contributed by atoms with van der Waals surface area (Å²) in [4.78, 5) is 19.0. The van der Waals surface area contributed by atoms with E-state index in [9.17, 15) is 4.79 Å². The van der Waals surface area contributed by atoms with Crippen molar-refractivity contribution in [1.29, 1.82) is 0 Å². The molecule has 1 aromatic rings. The predicted molar refractivity (Wildman–Crippen MR) is 92.3 cm³/mol. The van der Waals surface area contributed by atoms with Gasteiger partial charge in [0.1, 0.15) is 11.4 Å². The van der Waals surface area contributed by atoms with Crippen molar-refractivity contribution in [3.63, 3.8) is 0 Å². The topological polar surface area (TPSA) is 79.0 Å². The first-order chi connectivity index (χ1) is 10.8. The molecule has 0 aliphatic rings. The molecular formula is C17H32N4O2. The number of amides is 1. The van der Waals surface area contributed by atoms with E-state index in [4.69, 9.17) is 4.74 Å². The molecule has 1 rings (SSSR count). The highest BCUT2D eigenvalue weighted by Gasteiger charge is 2.18. The van der Waals surface area contributed by atoms with Crippen molar-refractivity contribution in [2.24, 2.45) is 11.8 Å². The zero-order valence-electron chi connectivity index (χ0n) is 15.1. The van der Waals surface area contributed by atoms with Crippen LogP contribution in [0.1, 0.15) is 46.9 Å². The number of ether oxygens (including phenoxy) is 1. The lowest BCUT2D eigenvalue weighted by Gasteiger charge is -2.24. The fourth-order valence-electron chi connectivity index (χ4n) is 2.18. The highest BCUT2D eigenvalue weighted by Crippen LogP contribution is 2.10. The van der Waals surface area contributed by atoms with Gasteiger partial charge >= 0.3 is 6.09 Å². The first-order valence-corrected chi connectivity index (χ1v) is 8.43. The smallest absolute Gasteiger partial charge is 0.407 e. The summed E-state index contributed by atoms with van der Waals surface area (Å²) >= 11 is 0. The molecule has 0 spiro atoms.